The van der Waals surface area contributed by atoms with Crippen LogP contribution in [-0.4, -0.2) is 31.5 Å². The molecule has 0 N–H and O–H groups in total. The molecule has 24 heavy (non-hydrogen) atoms. The summed E-state index contributed by atoms with van der Waals surface area (Å²) in [5.41, 5.74) is 4.35. The normalized spacial score (nSPS) is 18.6. The first-order chi connectivity index (χ1) is 11.6. The van der Waals surface area contributed by atoms with E-state index in [1.165, 1.54) is 5.56 Å². The molecule has 2 aliphatic rings. The van der Waals surface area contributed by atoms with Gasteiger partial charge in [-0.25, -0.2) is 8.42 Å². The molecule has 2 aromatic rings. The number of nitrogens with zero attached hydrogens (tertiary/aromatic N) is 2. The van der Waals surface area contributed by atoms with Gasteiger partial charge in [-0.15, -0.1) is 4.40 Å². The van der Waals surface area contributed by atoms with Gasteiger partial charge in [0.15, 0.2) is 0 Å². The van der Waals surface area contributed by atoms with Gasteiger partial charge >= 0.3 is 0 Å². The number of rotatable bonds is 2. The second kappa shape index (κ2) is 5.76. The van der Waals surface area contributed by atoms with E-state index >= 15 is 0 Å². The molecule has 0 saturated carbocycles. The van der Waals surface area contributed by atoms with Gasteiger partial charge in [-0.2, -0.15) is 0 Å². The molecule has 0 saturated heterocycles. The van der Waals surface area contributed by atoms with Crippen molar-refractivity contribution < 1.29 is 8.42 Å². The Morgan fingerprint density at radius 3 is 2.29 bits per heavy atom. The molecule has 0 amide bonds. The van der Waals surface area contributed by atoms with Gasteiger partial charge in [0.2, 0.25) is 0 Å². The lowest BCUT2D eigenvalue weighted by Crippen LogP contribution is -2.38. The monoisotopic (exact) mass is 336 g/mol. The van der Waals surface area contributed by atoms with E-state index < -0.39 is 10.0 Å². The van der Waals surface area contributed by atoms with Crippen molar-refractivity contribution in [2.75, 3.05) is 12.3 Å². The topological polar surface area (TPSA) is 49.7 Å². The highest BCUT2D eigenvalue weighted by molar-refractivity contribution is 7.90. The fraction of sp³-hybridized carbons (Fsp3) is 0.105. The first-order valence-corrected chi connectivity index (χ1v) is 9.38. The van der Waals surface area contributed by atoms with Crippen LogP contribution in [0.5, 0.6) is 0 Å². The summed E-state index contributed by atoms with van der Waals surface area (Å²) in [5.74, 6) is 0.537. The first kappa shape index (κ1) is 14.9. The summed E-state index contributed by atoms with van der Waals surface area (Å²) in [5, 5.41) is 0. The van der Waals surface area contributed by atoms with Crippen LogP contribution in [0, 0.1) is 0 Å². The Bertz CT molecular complexity index is 956. The van der Waals surface area contributed by atoms with Crippen LogP contribution >= 0.6 is 0 Å². The van der Waals surface area contributed by atoms with Crippen molar-refractivity contribution in [2.24, 2.45) is 4.40 Å². The summed E-state index contributed by atoms with van der Waals surface area (Å²) < 4.78 is 27.2. The molecule has 2 aliphatic heterocycles. The Balaban J connectivity index is 1.67. The van der Waals surface area contributed by atoms with Crippen molar-refractivity contribution in [3.05, 3.63) is 78.4 Å². The number of hydrogen-bond acceptors (Lipinski definition) is 3. The predicted octanol–water partition coefficient (Wildman–Crippen LogP) is 3.31. The van der Waals surface area contributed by atoms with Crippen LogP contribution in [0.25, 0.3) is 16.8 Å². The largest absolute Gasteiger partial charge is 0.324 e. The van der Waals surface area contributed by atoms with Gasteiger partial charge in [-0.3, -0.25) is 0 Å². The van der Waals surface area contributed by atoms with Gasteiger partial charge in [0.25, 0.3) is 10.0 Å². The van der Waals surface area contributed by atoms with Crippen molar-refractivity contribution in [3.63, 3.8) is 0 Å². The third-order valence-corrected chi connectivity index (χ3v) is 5.32. The molecule has 4 rings (SSSR count). The second-order valence-electron chi connectivity index (χ2n) is 5.74. The van der Waals surface area contributed by atoms with Crippen LogP contribution in [0.4, 0.5) is 0 Å². The summed E-state index contributed by atoms with van der Waals surface area (Å²) in [4.78, 5) is 1.96. The smallest absolute Gasteiger partial charge is 0.256 e. The number of fused-ring (bicyclic) bond motifs is 1. The lowest BCUT2D eigenvalue weighted by Gasteiger charge is -2.31. The van der Waals surface area contributed by atoms with Crippen molar-refractivity contribution in [2.45, 2.75) is 0 Å². The van der Waals surface area contributed by atoms with E-state index in [2.05, 4.69) is 40.8 Å². The third-order valence-electron chi connectivity index (χ3n) is 4.16. The van der Waals surface area contributed by atoms with Crippen LogP contribution in [0.2, 0.25) is 0 Å². The summed E-state index contributed by atoms with van der Waals surface area (Å²) in [6, 6.07) is 18.5. The maximum atomic E-state index is 11.7. The number of amidine groups is 1. The standard InChI is InChI=1S/C19H16N2O2S/c22-24(23)14-13-21-18(7-4-8-19(21)20-24)17-11-9-16(10-12-17)15-5-2-1-3-6-15/h1-12H,13-14H2. The molecule has 0 aliphatic carbocycles. The molecule has 120 valence electrons. The van der Waals surface area contributed by atoms with Crippen LogP contribution in [0.3, 0.4) is 0 Å². The van der Waals surface area contributed by atoms with E-state index in [0.29, 0.717) is 12.4 Å². The summed E-state index contributed by atoms with van der Waals surface area (Å²) in [6.07, 6.45) is 5.57. The fourth-order valence-electron chi connectivity index (χ4n) is 2.95. The highest BCUT2D eigenvalue weighted by Gasteiger charge is 2.26. The molecule has 0 atom stereocenters. The first-order valence-electron chi connectivity index (χ1n) is 7.77. The highest BCUT2D eigenvalue weighted by Crippen LogP contribution is 2.28. The fourth-order valence-corrected chi connectivity index (χ4v) is 3.90. The van der Waals surface area contributed by atoms with Gasteiger partial charge in [-0.05, 0) is 28.8 Å². The zero-order valence-corrected chi connectivity index (χ0v) is 13.8. The molecule has 0 fully saturated rings. The third kappa shape index (κ3) is 2.78. The van der Waals surface area contributed by atoms with Crippen LogP contribution in [0.1, 0.15) is 5.56 Å². The maximum absolute atomic E-state index is 11.7. The minimum absolute atomic E-state index is 0.0454. The quantitative estimate of drug-likeness (QED) is 0.845. The average Bonchev–Trinajstić information content (AvgIpc) is 2.61. The Morgan fingerprint density at radius 1 is 0.875 bits per heavy atom. The lowest BCUT2D eigenvalue weighted by molar-refractivity contribution is 0.560. The van der Waals surface area contributed by atoms with E-state index in [-0.39, 0.29) is 5.75 Å². The van der Waals surface area contributed by atoms with E-state index in [0.717, 1.165) is 16.8 Å². The van der Waals surface area contributed by atoms with Crippen molar-refractivity contribution in [1.82, 2.24) is 4.90 Å². The lowest BCUT2D eigenvalue weighted by atomic mass is 10.0. The van der Waals surface area contributed by atoms with Crippen molar-refractivity contribution >= 4 is 21.6 Å². The summed E-state index contributed by atoms with van der Waals surface area (Å²) >= 11 is 0. The Hall–Kier alpha value is -2.66. The van der Waals surface area contributed by atoms with Crippen molar-refractivity contribution in [3.8, 4) is 11.1 Å². The molecular weight excluding hydrogens is 320 g/mol. The maximum Gasteiger partial charge on any atom is 0.256 e. The van der Waals surface area contributed by atoms with Crippen LogP contribution < -0.4 is 0 Å². The molecule has 0 bridgehead atoms. The second-order valence-corrected chi connectivity index (χ2v) is 7.50. The number of allylic oxidation sites excluding steroid dienone is 2. The SMILES string of the molecule is O=S1(=O)CCN2C(c3ccc(-c4ccccc4)cc3)=CC=CC2=N1. The minimum Gasteiger partial charge on any atom is -0.324 e. The number of sulfonamides is 1. The van der Waals surface area contributed by atoms with E-state index in [1.54, 1.807) is 6.08 Å². The molecule has 0 unspecified atom stereocenters. The Kier molecular flexibility index (Phi) is 3.58. The molecule has 4 nitrogen and oxygen atoms in total. The van der Waals surface area contributed by atoms with E-state index in [1.807, 2.05) is 35.3 Å². The van der Waals surface area contributed by atoms with Gasteiger partial charge < -0.3 is 4.90 Å². The molecule has 2 aromatic carbocycles. The zero-order valence-electron chi connectivity index (χ0n) is 13.0. The molecule has 2 heterocycles. The zero-order chi connectivity index (χ0) is 16.6. The average molecular weight is 336 g/mol. The number of hydrogen-bond donors (Lipinski definition) is 0. The van der Waals surface area contributed by atoms with E-state index in [9.17, 15) is 8.42 Å². The Labute approximate surface area is 141 Å². The molecule has 0 radical (unpaired) electrons. The van der Waals surface area contributed by atoms with Crippen molar-refractivity contribution in [1.29, 1.82) is 0 Å². The number of benzene rings is 2. The molecule has 5 heteroatoms. The predicted molar refractivity (Wildman–Crippen MR) is 96.9 cm³/mol. The summed E-state index contributed by atoms with van der Waals surface area (Å²) in [6.45, 7) is 0.428. The van der Waals surface area contributed by atoms with Gasteiger partial charge in [-0.1, -0.05) is 60.7 Å². The highest BCUT2D eigenvalue weighted by atomic mass is 32.2. The minimum atomic E-state index is -3.33. The molecule has 0 spiro atoms. The van der Waals surface area contributed by atoms with Gasteiger partial charge in [0.05, 0.1) is 5.75 Å². The molecule has 0 aromatic heterocycles. The van der Waals surface area contributed by atoms with Gasteiger partial charge in [0, 0.05) is 12.2 Å². The van der Waals surface area contributed by atoms with Crippen LogP contribution in [0.15, 0.2) is 77.2 Å². The Morgan fingerprint density at radius 2 is 1.54 bits per heavy atom. The van der Waals surface area contributed by atoms with E-state index in [4.69, 9.17) is 0 Å². The molecular formula is C19H16N2O2S. The van der Waals surface area contributed by atoms with Crippen LogP contribution in [-0.2, 0) is 10.0 Å². The van der Waals surface area contributed by atoms with Gasteiger partial charge in [0.1, 0.15) is 5.84 Å². The summed E-state index contributed by atoms with van der Waals surface area (Å²) in [7, 11) is -3.33.